The molecule has 2 rings (SSSR count). The molecular weight excluding hydrogens is 490 g/mol. The second kappa shape index (κ2) is 11.2. The fourth-order valence-corrected chi connectivity index (χ4v) is 4.33. The van der Waals surface area contributed by atoms with Crippen molar-refractivity contribution in [2.24, 2.45) is 0 Å². The van der Waals surface area contributed by atoms with Crippen LogP contribution >= 0.6 is 15.9 Å². The van der Waals surface area contributed by atoms with Gasteiger partial charge in [-0.3, -0.25) is 24.0 Å². The molecule has 0 saturated carbocycles. The molecule has 11 heteroatoms. The third kappa shape index (κ3) is 6.13. The lowest BCUT2D eigenvalue weighted by atomic mass is 9.95. The van der Waals surface area contributed by atoms with Gasteiger partial charge in [-0.2, -0.15) is 0 Å². The number of carbonyl (C=O) groups excluding carboxylic acids is 5. The van der Waals surface area contributed by atoms with Gasteiger partial charge in [-0.15, -0.1) is 0 Å². The Kier molecular flexibility index (Phi) is 8.90. The zero-order chi connectivity index (χ0) is 24.0. The van der Waals surface area contributed by atoms with E-state index in [-0.39, 0.29) is 17.7 Å². The quantitative estimate of drug-likeness (QED) is 0.230. The van der Waals surface area contributed by atoms with E-state index in [4.69, 9.17) is 18.9 Å². The Morgan fingerprint density at radius 2 is 1.62 bits per heavy atom. The molecule has 0 radical (unpaired) electrons. The summed E-state index contributed by atoms with van der Waals surface area (Å²) in [7, 11) is 1.44. The molecule has 1 heterocycles. The Hall–Kier alpha value is -2.79. The van der Waals surface area contributed by atoms with Crippen molar-refractivity contribution < 1.29 is 42.9 Å². The number of nitrogens with zero attached hydrogens (tertiary/aromatic N) is 1. The van der Waals surface area contributed by atoms with Crippen LogP contribution in [0.3, 0.4) is 0 Å². The van der Waals surface area contributed by atoms with E-state index in [0.717, 1.165) is 6.92 Å². The molecule has 10 nitrogen and oxygen atoms in total. The number of halogens is 1. The highest BCUT2D eigenvalue weighted by atomic mass is 79.9. The Morgan fingerprint density at radius 1 is 1.03 bits per heavy atom. The second-order valence-corrected chi connectivity index (χ2v) is 7.99. The number of aldehydes is 1. The minimum Gasteiger partial charge on any atom is -0.463 e. The van der Waals surface area contributed by atoms with Crippen LogP contribution in [-0.4, -0.2) is 78.0 Å². The molecule has 1 aliphatic rings. The molecule has 0 aromatic heterocycles. The summed E-state index contributed by atoms with van der Waals surface area (Å²) in [6.45, 7) is 3.27. The number of esters is 3. The zero-order valence-corrected chi connectivity index (χ0v) is 19.6. The van der Waals surface area contributed by atoms with Gasteiger partial charge < -0.3 is 23.8 Å². The van der Waals surface area contributed by atoms with Crippen LogP contribution in [0.2, 0.25) is 0 Å². The SMILES string of the molecule is CC(=O)OCC1O[C@@H](Br)C(N(C)C(=O)c2ccccc2C=O)C(OC(C)=O)[C@@H]1OC(C)=O. The van der Waals surface area contributed by atoms with Gasteiger partial charge in [-0.05, 0) is 6.07 Å². The van der Waals surface area contributed by atoms with Crippen molar-refractivity contribution in [3.8, 4) is 0 Å². The highest BCUT2D eigenvalue weighted by Gasteiger charge is 2.52. The third-order valence-electron chi connectivity index (χ3n) is 4.74. The van der Waals surface area contributed by atoms with E-state index in [1.54, 1.807) is 12.1 Å². The second-order valence-electron chi connectivity index (χ2n) is 7.09. The summed E-state index contributed by atoms with van der Waals surface area (Å²) >= 11 is 3.35. The minimum atomic E-state index is -1.17. The van der Waals surface area contributed by atoms with Gasteiger partial charge in [-0.25, -0.2) is 0 Å². The van der Waals surface area contributed by atoms with E-state index >= 15 is 0 Å². The molecule has 32 heavy (non-hydrogen) atoms. The maximum Gasteiger partial charge on any atom is 0.303 e. The maximum absolute atomic E-state index is 13.2. The normalized spacial score (nSPS) is 24.7. The van der Waals surface area contributed by atoms with Crippen LogP contribution in [0.1, 0.15) is 41.5 Å². The van der Waals surface area contributed by atoms with E-state index in [0.29, 0.717) is 6.29 Å². The number of alkyl halides is 1. The van der Waals surface area contributed by atoms with E-state index in [1.165, 1.54) is 37.9 Å². The molecular formula is C21H24BrNO9. The standard InChI is InChI=1S/C21H24BrNO9/c1-11(25)29-10-16-18(30-12(2)26)19(31-13(3)27)17(20(22)32-16)23(4)21(28)15-8-6-5-7-14(15)9-24/h5-9,16-20H,10H2,1-4H3/t16?,17?,18-,19?,20-/m1/s1. The molecule has 3 unspecified atom stereocenters. The van der Waals surface area contributed by atoms with Crippen LogP contribution in [0.25, 0.3) is 0 Å². The van der Waals surface area contributed by atoms with Crippen molar-refractivity contribution in [2.75, 3.05) is 13.7 Å². The fraction of sp³-hybridized carbons (Fsp3) is 0.476. The summed E-state index contributed by atoms with van der Waals surface area (Å²) in [5.41, 5.74) is 0.317. The van der Waals surface area contributed by atoms with Crippen LogP contribution in [0.5, 0.6) is 0 Å². The number of benzene rings is 1. The van der Waals surface area contributed by atoms with Gasteiger partial charge in [0.2, 0.25) is 0 Å². The van der Waals surface area contributed by atoms with Gasteiger partial charge in [-0.1, -0.05) is 34.1 Å². The van der Waals surface area contributed by atoms with Crippen LogP contribution in [0, 0.1) is 0 Å². The summed E-state index contributed by atoms with van der Waals surface area (Å²) < 4.78 is 21.7. The molecule has 0 N–H and O–H groups in total. The average Bonchev–Trinajstić information content (AvgIpc) is 2.72. The van der Waals surface area contributed by atoms with E-state index < -0.39 is 53.2 Å². The average molecular weight is 514 g/mol. The Balaban J connectivity index is 2.45. The molecule has 0 aliphatic carbocycles. The first-order valence-corrected chi connectivity index (χ1v) is 10.6. The Bertz CT molecular complexity index is 890. The zero-order valence-electron chi connectivity index (χ0n) is 18.0. The predicted molar refractivity (Wildman–Crippen MR) is 113 cm³/mol. The number of rotatable bonds is 7. The van der Waals surface area contributed by atoms with Gasteiger partial charge >= 0.3 is 17.9 Å². The summed E-state index contributed by atoms with van der Waals surface area (Å²) in [6.07, 6.45) is -2.75. The first kappa shape index (κ1) is 25.5. The van der Waals surface area contributed by atoms with E-state index in [9.17, 15) is 24.0 Å². The molecule has 1 fully saturated rings. The van der Waals surface area contributed by atoms with Crippen LogP contribution in [0.4, 0.5) is 0 Å². The first-order chi connectivity index (χ1) is 15.1. The first-order valence-electron chi connectivity index (χ1n) is 9.65. The van der Waals surface area contributed by atoms with Crippen LogP contribution < -0.4 is 0 Å². The van der Waals surface area contributed by atoms with Crippen LogP contribution in [0.15, 0.2) is 24.3 Å². The van der Waals surface area contributed by atoms with Gasteiger partial charge in [0.1, 0.15) is 23.8 Å². The lowest BCUT2D eigenvalue weighted by molar-refractivity contribution is -0.217. The number of hydrogen-bond acceptors (Lipinski definition) is 9. The minimum absolute atomic E-state index is 0.136. The molecule has 0 spiro atoms. The molecule has 1 saturated heterocycles. The van der Waals surface area contributed by atoms with Gasteiger partial charge in [0.25, 0.3) is 5.91 Å². The van der Waals surface area contributed by atoms with E-state index in [2.05, 4.69) is 15.9 Å². The maximum atomic E-state index is 13.2. The number of carbonyl (C=O) groups is 5. The van der Waals surface area contributed by atoms with Crippen molar-refractivity contribution >= 4 is 46.0 Å². The number of hydrogen-bond donors (Lipinski definition) is 0. The summed E-state index contributed by atoms with van der Waals surface area (Å²) in [5, 5.41) is -0.892. The predicted octanol–water partition coefficient (Wildman–Crippen LogP) is 1.49. The van der Waals surface area contributed by atoms with Crippen molar-refractivity contribution in [2.45, 2.75) is 50.1 Å². The Morgan fingerprint density at radius 3 is 2.19 bits per heavy atom. The molecule has 1 amide bonds. The van der Waals surface area contributed by atoms with Gasteiger partial charge in [0, 0.05) is 33.4 Å². The Labute approximate surface area is 193 Å². The largest absolute Gasteiger partial charge is 0.463 e. The van der Waals surface area contributed by atoms with Crippen molar-refractivity contribution in [3.05, 3.63) is 35.4 Å². The summed E-state index contributed by atoms with van der Waals surface area (Å²) in [6, 6.07) is 5.26. The highest BCUT2D eigenvalue weighted by Crippen LogP contribution is 2.33. The van der Waals surface area contributed by atoms with Crippen molar-refractivity contribution in [1.29, 1.82) is 0 Å². The molecule has 1 aromatic rings. The monoisotopic (exact) mass is 513 g/mol. The molecule has 5 atom stereocenters. The van der Waals surface area contributed by atoms with Gasteiger partial charge in [0.05, 0.1) is 5.56 Å². The van der Waals surface area contributed by atoms with Gasteiger partial charge in [0.15, 0.2) is 18.5 Å². The third-order valence-corrected chi connectivity index (χ3v) is 5.50. The van der Waals surface area contributed by atoms with Crippen molar-refractivity contribution in [1.82, 2.24) is 4.90 Å². The lowest BCUT2D eigenvalue weighted by Crippen LogP contribution is -2.65. The number of ether oxygens (including phenoxy) is 4. The molecule has 1 aromatic carbocycles. The summed E-state index contributed by atoms with van der Waals surface area (Å²) in [4.78, 5) is 60.7. The summed E-state index contributed by atoms with van der Waals surface area (Å²) in [5.74, 6) is -2.48. The highest BCUT2D eigenvalue weighted by molar-refractivity contribution is 9.09. The van der Waals surface area contributed by atoms with Crippen molar-refractivity contribution in [3.63, 3.8) is 0 Å². The molecule has 174 valence electrons. The fourth-order valence-electron chi connectivity index (χ4n) is 3.39. The van der Waals surface area contributed by atoms with Crippen LogP contribution in [-0.2, 0) is 33.3 Å². The number of amides is 1. The molecule has 1 aliphatic heterocycles. The molecule has 0 bridgehead atoms. The number of likely N-dealkylation sites (N-methyl/N-ethyl adjacent to an activating group) is 1. The topological polar surface area (TPSA) is 126 Å². The lowest BCUT2D eigenvalue weighted by Gasteiger charge is -2.46. The smallest absolute Gasteiger partial charge is 0.303 e. The van der Waals surface area contributed by atoms with E-state index in [1.807, 2.05) is 0 Å².